The Labute approximate surface area is 161 Å². The Morgan fingerprint density at radius 2 is 1.70 bits per heavy atom. The minimum absolute atomic E-state index is 0.0398. The molecule has 2 heterocycles. The summed E-state index contributed by atoms with van der Waals surface area (Å²) in [6.45, 7) is 9.56. The molecule has 0 bridgehead atoms. The van der Waals surface area contributed by atoms with Crippen molar-refractivity contribution in [1.82, 2.24) is 15.1 Å². The molecule has 6 heteroatoms. The number of carbonyl (C=O) groups is 1. The van der Waals surface area contributed by atoms with Crippen LogP contribution in [0.4, 0.5) is 9.18 Å². The molecule has 3 rings (SSSR count). The van der Waals surface area contributed by atoms with Crippen molar-refractivity contribution in [2.75, 3.05) is 26.2 Å². The number of rotatable bonds is 3. The number of nitrogens with one attached hydrogen (secondary N) is 1. The Balaban J connectivity index is 1.42. The SMILES string of the molecule is CC(C)(C)NC(=O)N1CCC(N2CCC(Oc3ccccc3F)CC2)CC1. The number of benzene rings is 1. The van der Waals surface area contributed by atoms with E-state index in [1.54, 1.807) is 18.2 Å². The average molecular weight is 378 g/mol. The largest absolute Gasteiger partial charge is 0.487 e. The van der Waals surface area contributed by atoms with Crippen molar-refractivity contribution in [3.63, 3.8) is 0 Å². The van der Waals surface area contributed by atoms with Gasteiger partial charge in [0.1, 0.15) is 6.10 Å². The lowest BCUT2D eigenvalue weighted by molar-refractivity contribution is 0.0516. The highest BCUT2D eigenvalue weighted by molar-refractivity contribution is 5.75. The molecule has 2 amide bonds. The number of halogens is 1. The van der Waals surface area contributed by atoms with Gasteiger partial charge >= 0.3 is 6.03 Å². The summed E-state index contributed by atoms with van der Waals surface area (Å²) in [6.07, 6.45) is 3.93. The van der Waals surface area contributed by atoms with Crippen molar-refractivity contribution in [3.8, 4) is 5.75 Å². The molecule has 0 aromatic heterocycles. The number of ether oxygens (including phenoxy) is 1. The number of urea groups is 1. The number of amides is 2. The van der Waals surface area contributed by atoms with Gasteiger partial charge < -0.3 is 15.0 Å². The first-order valence-electron chi connectivity index (χ1n) is 10.0. The van der Waals surface area contributed by atoms with Crippen LogP contribution in [0.25, 0.3) is 0 Å². The normalized spacial score (nSPS) is 20.5. The first-order valence-corrected chi connectivity index (χ1v) is 10.0. The topological polar surface area (TPSA) is 44.8 Å². The minimum atomic E-state index is -0.291. The third kappa shape index (κ3) is 5.58. The van der Waals surface area contributed by atoms with E-state index in [9.17, 15) is 9.18 Å². The number of hydrogen-bond acceptors (Lipinski definition) is 3. The molecule has 150 valence electrons. The molecule has 0 aliphatic carbocycles. The van der Waals surface area contributed by atoms with Gasteiger partial charge in [0.2, 0.25) is 0 Å². The zero-order valence-corrected chi connectivity index (χ0v) is 16.7. The summed E-state index contributed by atoms with van der Waals surface area (Å²) in [5.74, 6) is 0.0648. The highest BCUT2D eigenvalue weighted by Crippen LogP contribution is 2.25. The van der Waals surface area contributed by atoms with Crippen LogP contribution in [0.2, 0.25) is 0 Å². The summed E-state index contributed by atoms with van der Waals surface area (Å²) in [5, 5.41) is 3.04. The van der Waals surface area contributed by atoms with Crippen molar-refractivity contribution in [1.29, 1.82) is 0 Å². The van der Waals surface area contributed by atoms with Gasteiger partial charge in [0.25, 0.3) is 0 Å². The zero-order chi connectivity index (χ0) is 19.4. The lowest BCUT2D eigenvalue weighted by Gasteiger charge is -2.42. The highest BCUT2D eigenvalue weighted by Gasteiger charge is 2.31. The van der Waals surface area contributed by atoms with Crippen molar-refractivity contribution in [2.24, 2.45) is 0 Å². The van der Waals surface area contributed by atoms with Gasteiger partial charge in [-0.2, -0.15) is 0 Å². The van der Waals surface area contributed by atoms with Crippen LogP contribution < -0.4 is 10.1 Å². The highest BCUT2D eigenvalue weighted by atomic mass is 19.1. The van der Waals surface area contributed by atoms with Gasteiger partial charge in [-0.25, -0.2) is 9.18 Å². The smallest absolute Gasteiger partial charge is 0.317 e. The Kier molecular flexibility index (Phi) is 6.25. The van der Waals surface area contributed by atoms with Gasteiger partial charge in [0, 0.05) is 37.8 Å². The molecule has 0 unspecified atom stereocenters. The molecule has 2 saturated heterocycles. The van der Waals surface area contributed by atoms with Crippen LogP contribution in [0.5, 0.6) is 5.75 Å². The monoisotopic (exact) mass is 377 g/mol. The van der Waals surface area contributed by atoms with Crippen LogP contribution in [0.15, 0.2) is 24.3 Å². The van der Waals surface area contributed by atoms with Crippen molar-refractivity contribution < 1.29 is 13.9 Å². The molecule has 5 nitrogen and oxygen atoms in total. The molecule has 2 aliphatic rings. The predicted molar refractivity (Wildman–Crippen MR) is 105 cm³/mol. The van der Waals surface area contributed by atoms with Gasteiger partial charge in [-0.15, -0.1) is 0 Å². The van der Waals surface area contributed by atoms with E-state index in [1.807, 2.05) is 25.7 Å². The van der Waals surface area contributed by atoms with Crippen LogP contribution in [0, 0.1) is 5.82 Å². The van der Waals surface area contributed by atoms with Crippen molar-refractivity contribution >= 4 is 6.03 Å². The minimum Gasteiger partial charge on any atom is -0.487 e. The van der Waals surface area contributed by atoms with Gasteiger partial charge in [0.15, 0.2) is 11.6 Å². The number of likely N-dealkylation sites (tertiary alicyclic amines) is 2. The van der Waals surface area contributed by atoms with Crippen LogP contribution in [-0.4, -0.2) is 59.7 Å². The molecule has 27 heavy (non-hydrogen) atoms. The van der Waals surface area contributed by atoms with E-state index >= 15 is 0 Å². The first-order chi connectivity index (χ1) is 12.8. The second-order valence-electron chi connectivity index (χ2n) is 8.68. The van der Waals surface area contributed by atoms with Crippen LogP contribution in [0.3, 0.4) is 0 Å². The number of nitrogens with zero attached hydrogens (tertiary/aromatic N) is 2. The van der Waals surface area contributed by atoms with E-state index in [2.05, 4.69) is 10.2 Å². The molecular formula is C21H32FN3O2. The zero-order valence-electron chi connectivity index (χ0n) is 16.7. The number of para-hydroxylation sites is 1. The Morgan fingerprint density at radius 3 is 2.30 bits per heavy atom. The molecular weight excluding hydrogens is 345 g/mol. The van der Waals surface area contributed by atoms with E-state index in [-0.39, 0.29) is 23.5 Å². The Bertz CT molecular complexity index is 631. The van der Waals surface area contributed by atoms with E-state index in [0.717, 1.165) is 51.9 Å². The maximum absolute atomic E-state index is 13.7. The maximum Gasteiger partial charge on any atom is 0.317 e. The van der Waals surface area contributed by atoms with Crippen LogP contribution in [-0.2, 0) is 0 Å². The van der Waals surface area contributed by atoms with E-state index in [4.69, 9.17) is 4.74 Å². The third-order valence-electron chi connectivity index (χ3n) is 5.36. The average Bonchev–Trinajstić information content (AvgIpc) is 2.63. The van der Waals surface area contributed by atoms with Crippen LogP contribution >= 0.6 is 0 Å². The van der Waals surface area contributed by atoms with Crippen LogP contribution in [0.1, 0.15) is 46.5 Å². The first kappa shape index (κ1) is 19.9. The van der Waals surface area contributed by atoms with E-state index in [0.29, 0.717) is 11.8 Å². The Hall–Kier alpha value is -1.82. The molecule has 1 N–H and O–H groups in total. The van der Waals surface area contributed by atoms with Crippen molar-refractivity contribution in [3.05, 3.63) is 30.1 Å². The van der Waals surface area contributed by atoms with Crippen molar-refractivity contribution in [2.45, 2.75) is 64.1 Å². The van der Waals surface area contributed by atoms with Gasteiger partial charge in [-0.3, -0.25) is 4.90 Å². The van der Waals surface area contributed by atoms with Gasteiger partial charge in [-0.1, -0.05) is 12.1 Å². The molecule has 1 aromatic rings. The fourth-order valence-electron chi connectivity index (χ4n) is 3.91. The number of carbonyl (C=O) groups excluding carboxylic acids is 1. The molecule has 0 radical (unpaired) electrons. The Morgan fingerprint density at radius 1 is 1.07 bits per heavy atom. The predicted octanol–water partition coefficient (Wildman–Crippen LogP) is 3.64. The summed E-state index contributed by atoms with van der Waals surface area (Å²) >= 11 is 0. The summed E-state index contributed by atoms with van der Waals surface area (Å²) in [7, 11) is 0. The molecule has 0 saturated carbocycles. The standard InChI is InChI=1S/C21H32FN3O2/c1-21(2,3)23-20(26)25-12-8-16(9-13-25)24-14-10-17(11-15-24)27-19-7-5-4-6-18(19)22/h4-7,16-17H,8-15H2,1-3H3,(H,23,26). The second kappa shape index (κ2) is 8.46. The fraction of sp³-hybridized carbons (Fsp3) is 0.667. The second-order valence-corrected chi connectivity index (χ2v) is 8.68. The number of piperidine rings is 2. The molecule has 1 aromatic carbocycles. The van der Waals surface area contributed by atoms with E-state index < -0.39 is 0 Å². The molecule has 0 atom stereocenters. The number of hydrogen-bond donors (Lipinski definition) is 1. The third-order valence-corrected chi connectivity index (χ3v) is 5.36. The summed E-state index contributed by atoms with van der Waals surface area (Å²) in [5.41, 5.74) is -0.200. The lowest BCUT2D eigenvalue weighted by Crippen LogP contribution is -2.54. The lowest BCUT2D eigenvalue weighted by atomic mass is 9.99. The molecule has 0 spiro atoms. The molecule has 2 fully saturated rings. The maximum atomic E-state index is 13.7. The fourth-order valence-corrected chi connectivity index (χ4v) is 3.91. The summed E-state index contributed by atoms with van der Waals surface area (Å²) < 4.78 is 19.6. The summed E-state index contributed by atoms with van der Waals surface area (Å²) in [4.78, 5) is 16.7. The molecule has 2 aliphatic heterocycles. The summed E-state index contributed by atoms with van der Waals surface area (Å²) in [6, 6.07) is 7.18. The van der Waals surface area contributed by atoms with Gasteiger partial charge in [-0.05, 0) is 58.6 Å². The quantitative estimate of drug-likeness (QED) is 0.875. The van der Waals surface area contributed by atoms with Gasteiger partial charge in [0.05, 0.1) is 0 Å². The van der Waals surface area contributed by atoms with E-state index in [1.165, 1.54) is 6.07 Å².